The number of methoxy groups -OCH3 is 1. The first-order valence-electron chi connectivity index (χ1n) is 8.16. The molecule has 1 unspecified atom stereocenters. The Morgan fingerprint density at radius 3 is 2.28 bits per heavy atom. The molecule has 0 aliphatic carbocycles. The molecule has 10 nitrogen and oxygen atoms in total. The average Bonchev–Trinajstić information content (AvgIpc) is 2.70. The molecule has 2 rings (SSSR count). The predicted molar refractivity (Wildman–Crippen MR) is 102 cm³/mol. The van der Waals surface area contributed by atoms with Crippen LogP contribution in [-0.2, 0) is 19.6 Å². The Morgan fingerprint density at radius 1 is 1.07 bits per heavy atom. The van der Waals surface area contributed by atoms with Crippen LogP contribution in [0.25, 0.3) is 0 Å². The van der Waals surface area contributed by atoms with Crippen molar-refractivity contribution in [1.29, 1.82) is 0 Å². The third kappa shape index (κ3) is 5.53. The number of ether oxygens (including phenoxy) is 2. The quantitative estimate of drug-likeness (QED) is 0.580. The number of nitrogens with two attached hydrogens (primary N) is 1. The van der Waals surface area contributed by atoms with Crippen LogP contribution in [0.5, 0.6) is 5.75 Å². The first kappa shape index (κ1) is 21.9. The summed E-state index contributed by atoms with van der Waals surface area (Å²) in [6, 6.07) is 10.6. The molecular formula is C18H19N3O7S. The normalized spacial score (nSPS) is 11.8. The summed E-state index contributed by atoms with van der Waals surface area (Å²) in [5, 5.41) is 9.35. The van der Waals surface area contributed by atoms with Crippen molar-refractivity contribution < 1.29 is 32.3 Å². The van der Waals surface area contributed by atoms with Crippen molar-refractivity contribution in [1.82, 2.24) is 10.6 Å². The first-order valence-corrected chi connectivity index (χ1v) is 9.71. The van der Waals surface area contributed by atoms with Gasteiger partial charge >= 0.3 is 12.0 Å². The van der Waals surface area contributed by atoms with Gasteiger partial charge in [-0.15, -0.1) is 0 Å². The van der Waals surface area contributed by atoms with Crippen LogP contribution in [0.15, 0.2) is 53.4 Å². The van der Waals surface area contributed by atoms with E-state index >= 15 is 0 Å². The van der Waals surface area contributed by atoms with E-state index in [1.807, 2.05) is 5.32 Å². The third-order valence-corrected chi connectivity index (χ3v) is 4.66. The molecule has 0 bridgehead atoms. The van der Waals surface area contributed by atoms with Gasteiger partial charge in [0.1, 0.15) is 11.3 Å². The number of nitrogens with one attached hydrogen (secondary N) is 2. The van der Waals surface area contributed by atoms with E-state index in [9.17, 15) is 22.8 Å². The molecule has 4 N–H and O–H groups in total. The van der Waals surface area contributed by atoms with E-state index in [-0.39, 0.29) is 16.2 Å². The maximum atomic E-state index is 12.7. The largest absolute Gasteiger partial charge is 0.496 e. The Balaban J connectivity index is 2.42. The molecule has 154 valence electrons. The summed E-state index contributed by atoms with van der Waals surface area (Å²) in [5.74, 6) is -1.93. The Morgan fingerprint density at radius 2 is 1.72 bits per heavy atom. The number of primary sulfonamides is 1. The summed E-state index contributed by atoms with van der Waals surface area (Å²) in [5.41, 5.74) is 0.0384. The number of urea groups is 1. The molecule has 0 saturated carbocycles. The van der Waals surface area contributed by atoms with Crippen LogP contribution < -0.4 is 20.5 Å². The fourth-order valence-corrected chi connectivity index (χ4v) is 2.87. The van der Waals surface area contributed by atoms with Crippen molar-refractivity contribution in [3.63, 3.8) is 0 Å². The molecule has 0 fully saturated rings. The van der Waals surface area contributed by atoms with Crippen molar-refractivity contribution in [3.05, 3.63) is 59.7 Å². The number of esters is 1. The highest BCUT2D eigenvalue weighted by atomic mass is 32.2. The monoisotopic (exact) mass is 421 g/mol. The minimum Gasteiger partial charge on any atom is -0.496 e. The maximum absolute atomic E-state index is 12.7. The molecule has 0 aliphatic heterocycles. The number of carbonyl (C=O) groups excluding carboxylic acids is 3. The summed E-state index contributed by atoms with van der Waals surface area (Å²) < 4.78 is 33.5. The highest BCUT2D eigenvalue weighted by Gasteiger charge is 2.28. The molecule has 3 amide bonds. The van der Waals surface area contributed by atoms with E-state index in [4.69, 9.17) is 14.6 Å². The summed E-state index contributed by atoms with van der Waals surface area (Å²) in [7, 11) is -1.51. The minimum atomic E-state index is -4.10. The topological polar surface area (TPSA) is 154 Å². The van der Waals surface area contributed by atoms with Gasteiger partial charge in [-0.2, -0.15) is 0 Å². The van der Waals surface area contributed by atoms with E-state index in [0.717, 1.165) is 12.1 Å². The Kier molecular flexibility index (Phi) is 6.91. The fourth-order valence-electron chi connectivity index (χ4n) is 2.33. The zero-order valence-electron chi connectivity index (χ0n) is 15.5. The first-order chi connectivity index (χ1) is 13.7. The van der Waals surface area contributed by atoms with Crippen molar-refractivity contribution in [2.45, 2.75) is 11.0 Å². The second-order valence-electron chi connectivity index (χ2n) is 5.67. The Bertz CT molecular complexity index is 1020. The fraction of sp³-hybridized carbons (Fsp3) is 0.167. The summed E-state index contributed by atoms with van der Waals surface area (Å²) >= 11 is 0. The van der Waals surface area contributed by atoms with Crippen molar-refractivity contribution in [3.8, 4) is 5.75 Å². The molecule has 2 aromatic carbocycles. The van der Waals surface area contributed by atoms with E-state index in [1.165, 1.54) is 32.4 Å². The number of hydrogen-bond acceptors (Lipinski definition) is 7. The molecule has 0 radical (unpaired) electrons. The van der Waals surface area contributed by atoms with Gasteiger partial charge in [0.25, 0.3) is 5.91 Å². The molecule has 11 heteroatoms. The number of imide groups is 1. The van der Waals surface area contributed by atoms with Gasteiger partial charge in [-0.25, -0.2) is 23.1 Å². The average molecular weight is 421 g/mol. The van der Waals surface area contributed by atoms with Gasteiger partial charge in [0.15, 0.2) is 0 Å². The number of amides is 3. The smallest absolute Gasteiger partial charge is 0.343 e. The molecule has 0 aromatic heterocycles. The van der Waals surface area contributed by atoms with Gasteiger partial charge in [0.2, 0.25) is 16.1 Å². The van der Waals surface area contributed by atoms with Gasteiger partial charge in [0.05, 0.1) is 12.0 Å². The number of sulfonamides is 1. The molecule has 0 aliphatic rings. The lowest BCUT2D eigenvalue weighted by Gasteiger charge is -2.18. The zero-order valence-corrected chi connectivity index (χ0v) is 16.4. The summed E-state index contributed by atoms with van der Waals surface area (Å²) in [6.07, 6.45) is -1.48. The van der Waals surface area contributed by atoms with Crippen LogP contribution in [0.4, 0.5) is 4.79 Å². The Labute approximate surface area is 167 Å². The highest BCUT2D eigenvalue weighted by Crippen LogP contribution is 2.26. The van der Waals surface area contributed by atoms with Crippen LogP contribution in [0, 0.1) is 0 Å². The van der Waals surface area contributed by atoms with Crippen LogP contribution in [0.3, 0.4) is 0 Å². The van der Waals surface area contributed by atoms with Crippen molar-refractivity contribution >= 4 is 27.9 Å². The zero-order chi connectivity index (χ0) is 21.6. The third-order valence-electron chi connectivity index (χ3n) is 3.75. The minimum absolute atomic E-state index is 0.0147. The number of rotatable bonds is 6. The SMILES string of the molecule is CNC(=O)NC(=O)C(OC(=O)c1cc(S(N)(=O)=O)ccc1OC)c1ccccc1. The molecular weight excluding hydrogens is 402 g/mol. The van der Waals surface area contributed by atoms with Crippen molar-refractivity contribution in [2.75, 3.05) is 14.2 Å². The van der Waals surface area contributed by atoms with Gasteiger partial charge in [0, 0.05) is 12.6 Å². The second kappa shape index (κ2) is 9.17. The van der Waals surface area contributed by atoms with E-state index < -0.39 is 34.0 Å². The molecule has 1 atom stereocenters. The van der Waals surface area contributed by atoms with Gasteiger partial charge in [-0.3, -0.25) is 10.1 Å². The molecule has 0 spiro atoms. The van der Waals surface area contributed by atoms with E-state index in [1.54, 1.807) is 18.2 Å². The lowest BCUT2D eigenvalue weighted by Crippen LogP contribution is -2.41. The molecule has 0 saturated heterocycles. The maximum Gasteiger partial charge on any atom is 0.343 e. The number of carbonyl (C=O) groups is 3. The second-order valence-corrected chi connectivity index (χ2v) is 7.23. The summed E-state index contributed by atoms with van der Waals surface area (Å²) in [6.45, 7) is 0. The predicted octanol–water partition coefficient (Wildman–Crippen LogP) is 0.696. The molecule has 2 aromatic rings. The number of benzene rings is 2. The lowest BCUT2D eigenvalue weighted by molar-refractivity contribution is -0.129. The standard InChI is InChI=1S/C18H19N3O7S/c1-20-18(24)21-16(22)15(11-6-4-3-5-7-11)28-17(23)13-10-12(29(19,25)26)8-9-14(13)27-2/h3-10,15H,1-2H3,(H2,19,25,26)(H2,20,21,22,24). The molecule has 29 heavy (non-hydrogen) atoms. The van der Waals surface area contributed by atoms with Crippen LogP contribution in [0.1, 0.15) is 22.0 Å². The van der Waals surface area contributed by atoms with E-state index in [2.05, 4.69) is 5.32 Å². The van der Waals surface area contributed by atoms with Gasteiger partial charge in [-0.05, 0) is 18.2 Å². The van der Waals surface area contributed by atoms with Crippen LogP contribution in [-0.4, -0.2) is 40.5 Å². The van der Waals surface area contributed by atoms with Gasteiger partial charge < -0.3 is 14.8 Å². The lowest BCUT2D eigenvalue weighted by atomic mass is 10.1. The Hall–Kier alpha value is -3.44. The van der Waals surface area contributed by atoms with Crippen LogP contribution in [0.2, 0.25) is 0 Å². The molecule has 0 heterocycles. The van der Waals surface area contributed by atoms with Crippen molar-refractivity contribution in [2.24, 2.45) is 5.14 Å². The number of hydrogen-bond donors (Lipinski definition) is 3. The van der Waals surface area contributed by atoms with E-state index in [0.29, 0.717) is 5.56 Å². The highest BCUT2D eigenvalue weighted by molar-refractivity contribution is 7.89. The van der Waals surface area contributed by atoms with Gasteiger partial charge in [-0.1, -0.05) is 30.3 Å². The summed E-state index contributed by atoms with van der Waals surface area (Å²) in [4.78, 5) is 36.3. The van der Waals surface area contributed by atoms with Crippen LogP contribution >= 0.6 is 0 Å².